The molecule has 0 heterocycles. The molecule has 1 atom stereocenters. The lowest BCUT2D eigenvalue weighted by Gasteiger charge is -2.17. The molecule has 104 valence electrons. The summed E-state index contributed by atoms with van der Waals surface area (Å²) < 4.78 is 19.2. The Hall–Kier alpha value is -1.87. The second-order valence-electron chi connectivity index (χ2n) is 5.14. The summed E-state index contributed by atoms with van der Waals surface area (Å²) in [7, 11) is 1.48. The van der Waals surface area contributed by atoms with Crippen molar-refractivity contribution in [3.8, 4) is 5.75 Å². The largest absolute Gasteiger partial charge is 0.496 e. The van der Waals surface area contributed by atoms with Crippen LogP contribution in [0.2, 0.25) is 0 Å². The Morgan fingerprint density at radius 1 is 1.15 bits per heavy atom. The molecule has 1 aliphatic carbocycles. The van der Waals surface area contributed by atoms with Gasteiger partial charge in [0.1, 0.15) is 17.7 Å². The highest BCUT2D eigenvalue weighted by Gasteiger charge is 2.21. The van der Waals surface area contributed by atoms with Gasteiger partial charge in [-0.25, -0.2) is 4.39 Å². The van der Waals surface area contributed by atoms with Crippen LogP contribution in [0.15, 0.2) is 36.4 Å². The van der Waals surface area contributed by atoms with Crippen LogP contribution in [-0.4, -0.2) is 12.2 Å². The van der Waals surface area contributed by atoms with Crippen molar-refractivity contribution in [2.45, 2.75) is 25.4 Å². The van der Waals surface area contributed by atoms with Crippen LogP contribution < -0.4 is 4.74 Å². The fourth-order valence-corrected chi connectivity index (χ4v) is 2.89. The number of benzene rings is 2. The number of hydrogen-bond donors (Lipinski definition) is 1. The first-order valence-corrected chi connectivity index (χ1v) is 6.83. The number of ether oxygens (including phenoxy) is 1. The quantitative estimate of drug-likeness (QED) is 0.928. The second-order valence-corrected chi connectivity index (χ2v) is 5.14. The molecule has 1 unspecified atom stereocenters. The molecule has 0 fully saturated rings. The highest BCUT2D eigenvalue weighted by Crippen LogP contribution is 2.34. The van der Waals surface area contributed by atoms with E-state index in [2.05, 4.69) is 0 Å². The Morgan fingerprint density at radius 2 is 1.95 bits per heavy atom. The van der Waals surface area contributed by atoms with Crippen molar-refractivity contribution in [1.29, 1.82) is 0 Å². The first-order valence-electron chi connectivity index (χ1n) is 6.83. The predicted octanol–water partition coefficient (Wildman–Crippen LogP) is 3.40. The van der Waals surface area contributed by atoms with E-state index in [-0.39, 0.29) is 5.56 Å². The molecule has 2 nitrogen and oxygen atoms in total. The summed E-state index contributed by atoms with van der Waals surface area (Å²) in [5.74, 6) is -0.0738. The van der Waals surface area contributed by atoms with Crippen LogP contribution in [0.4, 0.5) is 4.39 Å². The average Bonchev–Trinajstić information content (AvgIpc) is 2.93. The van der Waals surface area contributed by atoms with E-state index < -0.39 is 11.9 Å². The van der Waals surface area contributed by atoms with E-state index in [1.54, 1.807) is 12.1 Å². The monoisotopic (exact) mass is 272 g/mol. The summed E-state index contributed by atoms with van der Waals surface area (Å²) in [6.07, 6.45) is 2.27. The molecular formula is C17H17FO2. The molecule has 20 heavy (non-hydrogen) atoms. The van der Waals surface area contributed by atoms with Gasteiger partial charge in [0.05, 0.1) is 12.7 Å². The van der Waals surface area contributed by atoms with Crippen molar-refractivity contribution in [1.82, 2.24) is 0 Å². The van der Waals surface area contributed by atoms with Gasteiger partial charge in [0.15, 0.2) is 0 Å². The molecule has 2 aromatic rings. The maximum Gasteiger partial charge on any atom is 0.133 e. The first-order chi connectivity index (χ1) is 9.70. The molecule has 0 aliphatic heterocycles. The summed E-state index contributed by atoms with van der Waals surface area (Å²) >= 11 is 0. The normalized spacial score (nSPS) is 14.9. The van der Waals surface area contributed by atoms with E-state index in [4.69, 9.17) is 4.74 Å². The minimum Gasteiger partial charge on any atom is -0.496 e. The van der Waals surface area contributed by atoms with Crippen molar-refractivity contribution >= 4 is 0 Å². The number of fused-ring (bicyclic) bond motifs is 1. The third kappa shape index (κ3) is 2.18. The summed E-state index contributed by atoms with van der Waals surface area (Å²) in [5, 5.41) is 10.5. The Kier molecular flexibility index (Phi) is 3.45. The van der Waals surface area contributed by atoms with E-state index in [0.29, 0.717) is 11.3 Å². The SMILES string of the molecule is COc1cccc(F)c1C(O)c1ccc2c(c1)CCC2. The van der Waals surface area contributed by atoms with E-state index >= 15 is 0 Å². The molecule has 0 amide bonds. The van der Waals surface area contributed by atoms with Crippen molar-refractivity contribution in [3.05, 3.63) is 64.5 Å². The van der Waals surface area contributed by atoms with Crippen LogP contribution in [-0.2, 0) is 12.8 Å². The zero-order valence-corrected chi connectivity index (χ0v) is 11.4. The molecule has 0 saturated heterocycles. The number of aliphatic hydroxyl groups excluding tert-OH is 1. The van der Waals surface area contributed by atoms with Gasteiger partial charge in [0.2, 0.25) is 0 Å². The Balaban J connectivity index is 2.02. The van der Waals surface area contributed by atoms with E-state index in [1.165, 1.54) is 24.3 Å². The molecule has 0 saturated carbocycles. The van der Waals surface area contributed by atoms with Gasteiger partial charge < -0.3 is 9.84 Å². The fourth-order valence-electron chi connectivity index (χ4n) is 2.89. The van der Waals surface area contributed by atoms with Gasteiger partial charge in [0.25, 0.3) is 0 Å². The van der Waals surface area contributed by atoms with Crippen LogP contribution in [0.1, 0.15) is 34.8 Å². The molecule has 0 aromatic heterocycles. The summed E-state index contributed by atoms with van der Waals surface area (Å²) in [6, 6.07) is 10.5. The Bertz CT molecular complexity index is 637. The Labute approximate surface area is 117 Å². The van der Waals surface area contributed by atoms with Gasteiger partial charge in [-0.05, 0) is 48.1 Å². The number of aliphatic hydroxyl groups is 1. The molecular weight excluding hydrogens is 255 g/mol. The van der Waals surface area contributed by atoms with Crippen LogP contribution in [0.5, 0.6) is 5.75 Å². The zero-order valence-electron chi connectivity index (χ0n) is 11.4. The molecule has 3 rings (SSSR count). The number of aryl methyl sites for hydroxylation is 2. The molecule has 0 spiro atoms. The van der Waals surface area contributed by atoms with Gasteiger partial charge in [-0.2, -0.15) is 0 Å². The first kappa shape index (κ1) is 13.1. The van der Waals surface area contributed by atoms with Gasteiger partial charge in [-0.15, -0.1) is 0 Å². The molecule has 2 aromatic carbocycles. The van der Waals surface area contributed by atoms with Gasteiger partial charge >= 0.3 is 0 Å². The summed E-state index contributed by atoms with van der Waals surface area (Å²) in [6.45, 7) is 0. The zero-order chi connectivity index (χ0) is 14.1. The van der Waals surface area contributed by atoms with Crippen molar-refractivity contribution < 1.29 is 14.2 Å². The molecule has 1 aliphatic rings. The Morgan fingerprint density at radius 3 is 2.75 bits per heavy atom. The lowest BCUT2D eigenvalue weighted by molar-refractivity contribution is 0.209. The molecule has 0 bridgehead atoms. The number of methoxy groups -OCH3 is 1. The van der Waals surface area contributed by atoms with Crippen LogP contribution in [0.3, 0.4) is 0 Å². The highest BCUT2D eigenvalue weighted by atomic mass is 19.1. The number of rotatable bonds is 3. The maximum absolute atomic E-state index is 14.0. The van der Waals surface area contributed by atoms with E-state index in [0.717, 1.165) is 19.3 Å². The predicted molar refractivity (Wildman–Crippen MR) is 75.5 cm³/mol. The minimum absolute atomic E-state index is 0.202. The van der Waals surface area contributed by atoms with Crippen molar-refractivity contribution in [2.24, 2.45) is 0 Å². The minimum atomic E-state index is -1.00. The standard InChI is InChI=1S/C17H17FO2/c1-20-15-7-3-6-14(18)16(15)17(19)13-9-8-11-4-2-5-12(11)10-13/h3,6-10,17,19H,2,4-5H2,1H3. The summed E-state index contributed by atoms with van der Waals surface area (Å²) in [5.41, 5.74) is 3.51. The fraction of sp³-hybridized carbons (Fsp3) is 0.294. The molecule has 0 radical (unpaired) electrons. The maximum atomic E-state index is 14.0. The number of hydrogen-bond acceptors (Lipinski definition) is 2. The van der Waals surface area contributed by atoms with Crippen molar-refractivity contribution in [2.75, 3.05) is 7.11 Å². The topological polar surface area (TPSA) is 29.5 Å². The summed E-state index contributed by atoms with van der Waals surface area (Å²) in [4.78, 5) is 0. The van der Waals surface area contributed by atoms with Crippen LogP contribution >= 0.6 is 0 Å². The third-order valence-electron chi connectivity index (χ3n) is 3.94. The van der Waals surface area contributed by atoms with Crippen LogP contribution in [0, 0.1) is 5.82 Å². The number of halogens is 1. The average molecular weight is 272 g/mol. The van der Waals surface area contributed by atoms with E-state index in [1.807, 2.05) is 18.2 Å². The van der Waals surface area contributed by atoms with Gasteiger partial charge in [0, 0.05) is 0 Å². The van der Waals surface area contributed by atoms with E-state index in [9.17, 15) is 9.50 Å². The second kappa shape index (κ2) is 5.25. The third-order valence-corrected chi connectivity index (χ3v) is 3.94. The molecule has 3 heteroatoms. The lowest BCUT2D eigenvalue weighted by atomic mass is 9.97. The smallest absolute Gasteiger partial charge is 0.133 e. The molecule has 1 N–H and O–H groups in total. The van der Waals surface area contributed by atoms with Gasteiger partial charge in [-0.1, -0.05) is 24.3 Å². The lowest BCUT2D eigenvalue weighted by Crippen LogP contribution is -2.06. The highest BCUT2D eigenvalue weighted by molar-refractivity contribution is 5.44. The van der Waals surface area contributed by atoms with Crippen LogP contribution in [0.25, 0.3) is 0 Å². The van der Waals surface area contributed by atoms with Gasteiger partial charge in [-0.3, -0.25) is 0 Å². The van der Waals surface area contributed by atoms with Crippen molar-refractivity contribution in [3.63, 3.8) is 0 Å².